The molecule has 4 saturated carbocycles. The number of rotatable bonds is 1. The van der Waals surface area contributed by atoms with Crippen molar-refractivity contribution < 1.29 is 9.84 Å². The number of ether oxygens (including phenoxy) is 1. The maximum atomic E-state index is 10.3. The van der Waals surface area contributed by atoms with Gasteiger partial charge in [0.2, 0.25) is 0 Å². The fourth-order valence-electron chi connectivity index (χ4n) is 7.45. The van der Waals surface area contributed by atoms with Gasteiger partial charge in [-0.05, 0) is 92.3 Å². The number of aliphatic hydroxyl groups excluding tert-OH is 1. The van der Waals surface area contributed by atoms with E-state index in [0.29, 0.717) is 16.9 Å². The van der Waals surface area contributed by atoms with Crippen molar-refractivity contribution in [2.24, 2.45) is 34.5 Å². The summed E-state index contributed by atoms with van der Waals surface area (Å²) >= 11 is 0. The first kappa shape index (κ1) is 15.4. The third-order valence-corrected chi connectivity index (χ3v) is 8.70. The highest BCUT2D eigenvalue weighted by Gasteiger charge is 2.59. The first-order valence-corrected chi connectivity index (χ1v) is 9.67. The molecule has 0 aromatic rings. The van der Waals surface area contributed by atoms with E-state index in [2.05, 4.69) is 13.8 Å². The van der Waals surface area contributed by atoms with E-state index in [1.165, 1.54) is 44.9 Å². The maximum Gasteiger partial charge on any atom is 0.0574 e. The predicted octanol–water partition coefficient (Wildman–Crippen LogP) is 4.41. The van der Waals surface area contributed by atoms with Crippen molar-refractivity contribution in [3.05, 3.63) is 0 Å². The van der Waals surface area contributed by atoms with Crippen molar-refractivity contribution in [2.45, 2.75) is 83.8 Å². The zero-order valence-corrected chi connectivity index (χ0v) is 14.7. The Balaban J connectivity index is 1.59. The Morgan fingerprint density at radius 3 is 2.55 bits per heavy atom. The molecule has 0 aromatic heterocycles. The van der Waals surface area contributed by atoms with E-state index in [1.807, 2.05) is 7.11 Å². The molecule has 4 rings (SSSR count). The average molecular weight is 306 g/mol. The van der Waals surface area contributed by atoms with Crippen LogP contribution >= 0.6 is 0 Å². The largest absolute Gasteiger partial charge is 0.393 e. The van der Waals surface area contributed by atoms with Crippen LogP contribution in [0, 0.1) is 34.5 Å². The van der Waals surface area contributed by atoms with Gasteiger partial charge < -0.3 is 9.84 Å². The van der Waals surface area contributed by atoms with Crippen LogP contribution in [0.4, 0.5) is 0 Å². The lowest BCUT2D eigenvalue weighted by Crippen LogP contribution is -2.53. The van der Waals surface area contributed by atoms with E-state index in [-0.39, 0.29) is 6.10 Å². The number of methoxy groups -OCH3 is 1. The molecule has 0 saturated heterocycles. The normalized spacial score (nSPS) is 57.8. The van der Waals surface area contributed by atoms with Crippen molar-refractivity contribution in [3.8, 4) is 0 Å². The van der Waals surface area contributed by atoms with Crippen molar-refractivity contribution in [3.63, 3.8) is 0 Å². The van der Waals surface area contributed by atoms with Crippen LogP contribution in [0.25, 0.3) is 0 Å². The second kappa shape index (κ2) is 5.21. The number of aliphatic hydroxyl groups is 1. The molecule has 0 heterocycles. The van der Waals surface area contributed by atoms with Crippen molar-refractivity contribution in [1.82, 2.24) is 0 Å². The molecule has 0 spiro atoms. The predicted molar refractivity (Wildman–Crippen MR) is 88.5 cm³/mol. The summed E-state index contributed by atoms with van der Waals surface area (Å²) in [6.45, 7) is 5.08. The van der Waals surface area contributed by atoms with Gasteiger partial charge in [0.25, 0.3) is 0 Å². The minimum absolute atomic E-state index is 0.0245. The van der Waals surface area contributed by atoms with Crippen LogP contribution in [0.3, 0.4) is 0 Å². The average Bonchev–Trinajstić information content (AvgIpc) is 2.80. The van der Waals surface area contributed by atoms with Crippen LogP contribution in [0.15, 0.2) is 0 Å². The maximum absolute atomic E-state index is 10.3. The number of fused-ring (bicyclic) bond motifs is 5. The third-order valence-electron chi connectivity index (χ3n) is 8.70. The first-order valence-electron chi connectivity index (χ1n) is 9.67. The lowest BCUT2D eigenvalue weighted by atomic mass is 9.45. The van der Waals surface area contributed by atoms with Gasteiger partial charge in [0.05, 0.1) is 12.2 Å². The molecule has 4 aliphatic rings. The highest BCUT2D eigenvalue weighted by molar-refractivity contribution is 5.08. The third kappa shape index (κ3) is 2.13. The Labute approximate surface area is 136 Å². The molecule has 2 heteroatoms. The minimum atomic E-state index is -0.0245. The van der Waals surface area contributed by atoms with Crippen LogP contribution < -0.4 is 0 Å². The van der Waals surface area contributed by atoms with Crippen LogP contribution in [-0.4, -0.2) is 24.4 Å². The van der Waals surface area contributed by atoms with Gasteiger partial charge in [0, 0.05) is 7.11 Å². The van der Waals surface area contributed by atoms with Crippen molar-refractivity contribution >= 4 is 0 Å². The summed E-state index contributed by atoms with van der Waals surface area (Å²) in [6, 6.07) is 0. The molecular weight excluding hydrogens is 272 g/mol. The first-order chi connectivity index (χ1) is 10.5. The van der Waals surface area contributed by atoms with Gasteiger partial charge in [-0.2, -0.15) is 0 Å². The van der Waals surface area contributed by atoms with Gasteiger partial charge >= 0.3 is 0 Å². The number of hydrogen-bond acceptors (Lipinski definition) is 2. The Bertz CT molecular complexity index is 435. The van der Waals surface area contributed by atoms with Gasteiger partial charge in [-0.1, -0.05) is 13.8 Å². The molecule has 22 heavy (non-hydrogen) atoms. The summed E-state index contributed by atoms with van der Waals surface area (Å²) in [6.07, 6.45) is 12.1. The molecule has 0 aromatic carbocycles. The highest BCUT2D eigenvalue weighted by Crippen LogP contribution is 2.66. The SMILES string of the molecule is CO[C@H]1CC[C@@]2(C)[C@H](CC[C@H]3[C@@H]4C[C@@H](O)C[C@@]4(C)CC[C@@H]32)C1. The van der Waals surface area contributed by atoms with Gasteiger partial charge in [-0.3, -0.25) is 0 Å². The molecule has 0 aliphatic heterocycles. The summed E-state index contributed by atoms with van der Waals surface area (Å²) in [5.74, 6) is 3.46. The Hall–Kier alpha value is -0.0800. The van der Waals surface area contributed by atoms with E-state index in [1.54, 1.807) is 0 Å². The van der Waals surface area contributed by atoms with Crippen molar-refractivity contribution in [2.75, 3.05) is 7.11 Å². The van der Waals surface area contributed by atoms with E-state index in [4.69, 9.17) is 4.74 Å². The van der Waals surface area contributed by atoms with Gasteiger partial charge in [0.1, 0.15) is 0 Å². The minimum Gasteiger partial charge on any atom is -0.393 e. The van der Waals surface area contributed by atoms with E-state index in [9.17, 15) is 5.11 Å². The zero-order chi connectivity index (χ0) is 15.5. The smallest absolute Gasteiger partial charge is 0.0574 e. The Kier molecular flexibility index (Phi) is 3.66. The summed E-state index contributed by atoms with van der Waals surface area (Å²) in [7, 11) is 1.89. The molecule has 126 valence electrons. The lowest BCUT2D eigenvalue weighted by Gasteiger charge is -2.60. The zero-order valence-electron chi connectivity index (χ0n) is 14.7. The molecule has 4 fully saturated rings. The van der Waals surface area contributed by atoms with E-state index < -0.39 is 0 Å². The second-order valence-electron chi connectivity index (χ2n) is 9.58. The van der Waals surface area contributed by atoms with E-state index >= 15 is 0 Å². The standard InChI is InChI=1S/C20H34O2/c1-19-8-7-17-16(18(19)11-14(21)12-19)5-4-13-10-15(22-3)6-9-20(13,17)2/h13-18,21H,4-12H2,1-3H3/t13-,14-,15+,16-,17+,18+,19-,20+/m1/s1. The van der Waals surface area contributed by atoms with Crippen LogP contribution in [0.5, 0.6) is 0 Å². The molecule has 2 nitrogen and oxygen atoms in total. The quantitative estimate of drug-likeness (QED) is 0.778. The van der Waals surface area contributed by atoms with Gasteiger partial charge in [-0.15, -0.1) is 0 Å². The van der Waals surface area contributed by atoms with E-state index in [0.717, 1.165) is 36.5 Å². The topological polar surface area (TPSA) is 29.5 Å². The molecule has 0 unspecified atom stereocenters. The fourth-order valence-corrected chi connectivity index (χ4v) is 7.45. The molecule has 0 radical (unpaired) electrons. The number of hydrogen-bond donors (Lipinski definition) is 1. The summed E-state index contributed by atoms with van der Waals surface area (Å²) in [5.41, 5.74) is 0.986. The molecular formula is C20H34O2. The molecule has 1 N–H and O–H groups in total. The van der Waals surface area contributed by atoms with Crippen LogP contribution in [-0.2, 0) is 4.74 Å². The summed E-state index contributed by atoms with van der Waals surface area (Å²) in [4.78, 5) is 0. The van der Waals surface area contributed by atoms with Crippen molar-refractivity contribution in [1.29, 1.82) is 0 Å². The molecule has 4 aliphatic carbocycles. The monoisotopic (exact) mass is 306 g/mol. The Morgan fingerprint density at radius 2 is 1.77 bits per heavy atom. The molecule has 0 amide bonds. The van der Waals surface area contributed by atoms with Gasteiger partial charge in [-0.25, -0.2) is 0 Å². The summed E-state index contributed by atoms with van der Waals surface area (Å²) < 4.78 is 5.69. The van der Waals surface area contributed by atoms with Gasteiger partial charge in [0.15, 0.2) is 0 Å². The molecule has 8 atom stereocenters. The Morgan fingerprint density at radius 1 is 0.955 bits per heavy atom. The van der Waals surface area contributed by atoms with Crippen LogP contribution in [0.1, 0.15) is 71.6 Å². The van der Waals surface area contributed by atoms with Crippen LogP contribution in [0.2, 0.25) is 0 Å². The lowest BCUT2D eigenvalue weighted by molar-refractivity contribution is -0.125. The fraction of sp³-hybridized carbons (Fsp3) is 1.00. The highest BCUT2D eigenvalue weighted by atomic mass is 16.5. The second-order valence-corrected chi connectivity index (χ2v) is 9.58. The molecule has 0 bridgehead atoms. The summed E-state index contributed by atoms with van der Waals surface area (Å²) in [5, 5.41) is 10.3.